The summed E-state index contributed by atoms with van der Waals surface area (Å²) in [6.07, 6.45) is 9.17. The topological polar surface area (TPSA) is 136 Å². The SMILES string of the molecule is N=C(N)c1ccc(C[N+]2(C(=O)[C@H](N)CC3CCCCC3)CCC[C@@H]3C[C@@]32C(N)=O)cc1. The number of amidine groups is 1. The predicted octanol–water partition coefficient (Wildman–Crippen LogP) is 2.15. The van der Waals surface area contributed by atoms with Gasteiger partial charge in [-0.2, -0.15) is 0 Å². The highest BCUT2D eigenvalue weighted by Gasteiger charge is 2.76. The fourth-order valence-corrected chi connectivity index (χ4v) is 6.41. The van der Waals surface area contributed by atoms with Crippen molar-refractivity contribution in [2.45, 2.75) is 75.9 Å². The molecule has 31 heavy (non-hydrogen) atoms. The van der Waals surface area contributed by atoms with Gasteiger partial charge in [0.15, 0.2) is 5.54 Å². The molecular formula is C24H36N5O2+. The maximum Gasteiger partial charge on any atom is 0.331 e. The number of nitrogens with one attached hydrogen (secondary N) is 1. The number of piperidine rings is 1. The van der Waals surface area contributed by atoms with Crippen molar-refractivity contribution in [1.82, 2.24) is 0 Å². The van der Waals surface area contributed by atoms with Gasteiger partial charge in [-0.3, -0.25) is 10.2 Å². The van der Waals surface area contributed by atoms with Crippen LogP contribution in [-0.2, 0) is 16.1 Å². The Balaban J connectivity index is 1.65. The molecule has 1 aliphatic heterocycles. The van der Waals surface area contributed by atoms with Crippen LogP contribution in [0.25, 0.3) is 0 Å². The average molecular weight is 427 g/mol. The zero-order chi connectivity index (χ0) is 22.2. The number of hydrogen-bond acceptors (Lipinski definition) is 4. The highest BCUT2D eigenvalue weighted by molar-refractivity contribution is 5.95. The van der Waals surface area contributed by atoms with E-state index in [-0.39, 0.29) is 28.1 Å². The number of nitrogen functional groups attached to an aromatic ring is 1. The van der Waals surface area contributed by atoms with E-state index in [1.165, 1.54) is 19.3 Å². The molecule has 7 nitrogen and oxygen atoms in total. The van der Waals surface area contributed by atoms with Crippen molar-refractivity contribution in [1.29, 1.82) is 5.41 Å². The summed E-state index contributed by atoms with van der Waals surface area (Å²) in [7, 11) is 0. The zero-order valence-corrected chi connectivity index (χ0v) is 18.3. The summed E-state index contributed by atoms with van der Waals surface area (Å²) >= 11 is 0. The number of likely N-dealkylation sites (tertiary alicyclic amines) is 1. The number of nitrogens with zero attached hydrogens (tertiary/aromatic N) is 1. The fraction of sp³-hybridized carbons (Fsp3) is 0.625. The lowest BCUT2D eigenvalue weighted by atomic mass is 9.84. The van der Waals surface area contributed by atoms with Crippen molar-refractivity contribution in [3.05, 3.63) is 35.4 Å². The molecule has 0 aromatic heterocycles. The van der Waals surface area contributed by atoms with Crippen LogP contribution in [0.3, 0.4) is 0 Å². The molecule has 1 heterocycles. The summed E-state index contributed by atoms with van der Waals surface area (Å²) in [4.78, 5) is 26.8. The van der Waals surface area contributed by atoms with Gasteiger partial charge >= 0.3 is 5.91 Å². The molecule has 1 aromatic carbocycles. The van der Waals surface area contributed by atoms with Gasteiger partial charge in [-0.15, -0.1) is 0 Å². The van der Waals surface area contributed by atoms with Crippen molar-refractivity contribution < 1.29 is 14.1 Å². The molecule has 1 aromatic rings. The number of nitrogens with two attached hydrogens (primary N) is 3. The van der Waals surface area contributed by atoms with Crippen LogP contribution < -0.4 is 17.2 Å². The number of benzene rings is 1. The van der Waals surface area contributed by atoms with E-state index < -0.39 is 11.6 Å². The van der Waals surface area contributed by atoms with Gasteiger partial charge in [-0.05, 0) is 25.2 Å². The van der Waals surface area contributed by atoms with E-state index in [0.717, 1.165) is 31.2 Å². The van der Waals surface area contributed by atoms with Crippen molar-refractivity contribution >= 4 is 17.6 Å². The summed E-state index contributed by atoms with van der Waals surface area (Å²) in [5.74, 6) is 0.279. The van der Waals surface area contributed by atoms with Crippen molar-refractivity contribution in [3.63, 3.8) is 0 Å². The third-order valence-electron chi connectivity index (χ3n) is 8.12. The van der Waals surface area contributed by atoms with E-state index >= 15 is 0 Å². The Morgan fingerprint density at radius 2 is 1.74 bits per heavy atom. The average Bonchev–Trinajstić information content (AvgIpc) is 3.52. The minimum atomic E-state index is -0.821. The van der Waals surface area contributed by atoms with Crippen LogP contribution in [0.15, 0.2) is 24.3 Å². The van der Waals surface area contributed by atoms with Crippen LogP contribution in [0, 0.1) is 17.2 Å². The third-order valence-corrected chi connectivity index (χ3v) is 8.12. The second-order valence-corrected chi connectivity index (χ2v) is 9.98. The minimum absolute atomic E-state index is 0.00913. The number of rotatable bonds is 7. The highest BCUT2D eigenvalue weighted by Crippen LogP contribution is 2.59. The molecule has 7 N–H and O–H groups in total. The maximum atomic E-state index is 14.0. The first-order valence-electron chi connectivity index (χ1n) is 11.7. The van der Waals surface area contributed by atoms with Gasteiger partial charge in [0.25, 0.3) is 5.91 Å². The molecule has 0 radical (unpaired) electrons. The van der Waals surface area contributed by atoms with Crippen LogP contribution in [0.5, 0.6) is 0 Å². The molecule has 2 saturated carbocycles. The first kappa shape index (κ1) is 22.0. The number of carbonyl (C=O) groups excluding carboxylic acids is 2. The lowest BCUT2D eigenvalue weighted by Crippen LogP contribution is -2.70. The number of primary amides is 1. The Morgan fingerprint density at radius 3 is 2.35 bits per heavy atom. The number of quaternary nitrogens is 1. The van der Waals surface area contributed by atoms with E-state index in [1.54, 1.807) is 12.1 Å². The van der Waals surface area contributed by atoms with Crippen LogP contribution >= 0.6 is 0 Å². The maximum absolute atomic E-state index is 14.0. The Kier molecular flexibility index (Phi) is 5.92. The molecule has 0 spiro atoms. The zero-order valence-electron chi connectivity index (χ0n) is 18.3. The Bertz CT molecular complexity index is 863. The van der Waals surface area contributed by atoms with Gasteiger partial charge in [0.05, 0.1) is 6.54 Å². The summed E-state index contributed by atoms with van der Waals surface area (Å²) in [6, 6.07) is 6.82. The van der Waals surface area contributed by atoms with Gasteiger partial charge in [0.2, 0.25) is 0 Å². The van der Waals surface area contributed by atoms with E-state index in [2.05, 4.69) is 0 Å². The fourth-order valence-electron chi connectivity index (χ4n) is 6.41. The number of carbonyl (C=O) groups is 2. The molecular weight excluding hydrogens is 390 g/mol. The highest BCUT2D eigenvalue weighted by atomic mass is 16.2. The second-order valence-electron chi connectivity index (χ2n) is 9.98. The summed E-state index contributed by atoms with van der Waals surface area (Å²) in [5, 5.41) is 7.61. The predicted molar refractivity (Wildman–Crippen MR) is 120 cm³/mol. The van der Waals surface area contributed by atoms with Crippen LogP contribution in [0.2, 0.25) is 0 Å². The molecule has 3 aliphatic rings. The van der Waals surface area contributed by atoms with Crippen LogP contribution in [0.4, 0.5) is 0 Å². The molecule has 1 unspecified atom stereocenters. The molecule has 2 amide bonds. The molecule has 3 fully saturated rings. The second kappa shape index (κ2) is 8.36. The van der Waals surface area contributed by atoms with Crippen molar-refractivity contribution in [2.75, 3.05) is 6.54 Å². The molecule has 4 rings (SSSR count). The summed E-state index contributed by atoms with van der Waals surface area (Å²) < 4.78 is 0.0559. The number of hydrogen-bond donors (Lipinski definition) is 4. The van der Waals surface area contributed by atoms with Crippen LogP contribution in [0.1, 0.15) is 68.9 Å². The Labute approximate surface area is 184 Å². The lowest BCUT2D eigenvalue weighted by molar-refractivity contribution is -0.900. The van der Waals surface area contributed by atoms with E-state index in [1.807, 2.05) is 12.1 Å². The van der Waals surface area contributed by atoms with Gasteiger partial charge in [0.1, 0.15) is 18.4 Å². The molecule has 0 bridgehead atoms. The molecule has 168 valence electrons. The molecule has 7 heteroatoms. The first-order chi connectivity index (χ1) is 14.8. The number of fused-ring (bicyclic) bond motifs is 1. The lowest BCUT2D eigenvalue weighted by Gasteiger charge is -2.46. The van der Waals surface area contributed by atoms with Crippen molar-refractivity contribution in [3.8, 4) is 0 Å². The normalized spacial score (nSPS) is 31.5. The monoisotopic (exact) mass is 426 g/mol. The first-order valence-corrected chi connectivity index (χ1v) is 11.7. The summed E-state index contributed by atoms with van der Waals surface area (Å²) in [5.41, 5.74) is 18.9. The van der Waals surface area contributed by atoms with Gasteiger partial charge in [-0.1, -0.05) is 56.4 Å². The largest absolute Gasteiger partial charge is 0.384 e. The van der Waals surface area contributed by atoms with E-state index in [0.29, 0.717) is 37.4 Å². The van der Waals surface area contributed by atoms with Gasteiger partial charge < -0.3 is 17.2 Å². The standard InChI is InChI=1S/C24H35N5O2/c25-20(13-16-5-2-1-3-6-16)22(30)29(12-4-7-19-14-24(19,29)23(28)31)15-17-8-10-18(11-9-17)21(26)27/h8-11,16,19-20H,1-7,12-15,25H2,(H4-,26,27,28,31)/p+1/t19-,20-,24+,29?/m1/s1. The third kappa shape index (κ3) is 3.78. The quantitative estimate of drug-likeness (QED) is 0.302. The smallest absolute Gasteiger partial charge is 0.331 e. The Morgan fingerprint density at radius 1 is 1.06 bits per heavy atom. The number of amides is 2. The molecule has 1 saturated heterocycles. The van der Waals surface area contributed by atoms with Crippen LogP contribution in [-0.4, -0.2) is 40.3 Å². The van der Waals surface area contributed by atoms with E-state index in [9.17, 15) is 9.59 Å². The van der Waals surface area contributed by atoms with E-state index in [4.69, 9.17) is 22.6 Å². The minimum Gasteiger partial charge on any atom is -0.384 e. The summed E-state index contributed by atoms with van der Waals surface area (Å²) in [6.45, 7) is 1.01. The molecule has 4 atom stereocenters. The molecule has 2 aliphatic carbocycles. The van der Waals surface area contributed by atoms with Gasteiger partial charge in [-0.25, -0.2) is 9.28 Å². The van der Waals surface area contributed by atoms with Crippen molar-refractivity contribution in [2.24, 2.45) is 29.0 Å². The Hall–Kier alpha value is -2.25. The van der Waals surface area contributed by atoms with Gasteiger partial charge in [0, 0.05) is 23.5 Å².